The van der Waals surface area contributed by atoms with Gasteiger partial charge in [-0.1, -0.05) is 11.3 Å². The van der Waals surface area contributed by atoms with Gasteiger partial charge in [0.05, 0.1) is 19.9 Å². The molecule has 0 aliphatic carbocycles. The van der Waals surface area contributed by atoms with Crippen LogP contribution in [0.3, 0.4) is 0 Å². The smallest absolute Gasteiger partial charge is 0.277 e. The standard InChI is InChI=1S/C12H15N5O2/c1-19-10-4-2-3-9(7-10)14-12(18)11-8-17(6-5-13)16-15-11/h2-4,7-8H,5-6,13H2,1H3,(H,14,18). The quantitative estimate of drug-likeness (QED) is 0.817. The molecule has 2 rings (SSSR count). The van der Waals surface area contributed by atoms with Gasteiger partial charge in [0.25, 0.3) is 5.91 Å². The maximum Gasteiger partial charge on any atom is 0.277 e. The van der Waals surface area contributed by atoms with Gasteiger partial charge >= 0.3 is 0 Å². The molecule has 0 bridgehead atoms. The van der Waals surface area contributed by atoms with Gasteiger partial charge in [0.1, 0.15) is 5.75 Å². The number of aromatic nitrogens is 3. The SMILES string of the molecule is COc1cccc(NC(=O)c2cn(CCN)nn2)c1. The lowest BCUT2D eigenvalue weighted by molar-refractivity contribution is 0.102. The zero-order chi connectivity index (χ0) is 13.7. The average Bonchev–Trinajstić information content (AvgIpc) is 2.88. The number of anilines is 1. The molecule has 1 amide bonds. The third-order valence-corrected chi connectivity index (χ3v) is 2.46. The van der Waals surface area contributed by atoms with E-state index in [9.17, 15) is 4.79 Å². The Morgan fingerprint density at radius 1 is 1.53 bits per heavy atom. The zero-order valence-corrected chi connectivity index (χ0v) is 10.5. The number of nitrogens with two attached hydrogens (primary N) is 1. The normalized spacial score (nSPS) is 10.2. The van der Waals surface area contributed by atoms with Gasteiger partial charge in [-0.2, -0.15) is 0 Å². The topological polar surface area (TPSA) is 95.1 Å². The highest BCUT2D eigenvalue weighted by molar-refractivity contribution is 6.02. The molecule has 0 saturated carbocycles. The number of ether oxygens (including phenoxy) is 1. The molecule has 0 saturated heterocycles. The fraction of sp³-hybridized carbons (Fsp3) is 0.250. The Kier molecular flexibility index (Phi) is 4.09. The van der Waals surface area contributed by atoms with Crippen LogP contribution in [-0.2, 0) is 6.54 Å². The van der Waals surface area contributed by atoms with E-state index in [2.05, 4.69) is 15.6 Å². The van der Waals surface area contributed by atoms with E-state index in [0.717, 1.165) is 0 Å². The van der Waals surface area contributed by atoms with E-state index < -0.39 is 0 Å². The number of rotatable bonds is 5. The first-order chi connectivity index (χ1) is 9.22. The fourth-order valence-electron chi connectivity index (χ4n) is 1.54. The van der Waals surface area contributed by atoms with E-state index in [0.29, 0.717) is 24.5 Å². The molecule has 0 radical (unpaired) electrons. The minimum Gasteiger partial charge on any atom is -0.497 e. The number of nitrogens with zero attached hydrogens (tertiary/aromatic N) is 3. The van der Waals surface area contributed by atoms with Gasteiger partial charge < -0.3 is 15.8 Å². The molecule has 0 atom stereocenters. The van der Waals surface area contributed by atoms with Crippen molar-refractivity contribution in [1.82, 2.24) is 15.0 Å². The van der Waals surface area contributed by atoms with Crippen LogP contribution >= 0.6 is 0 Å². The molecular formula is C12H15N5O2. The Labute approximate surface area is 110 Å². The first-order valence-electron chi connectivity index (χ1n) is 5.78. The number of carbonyl (C=O) groups is 1. The van der Waals surface area contributed by atoms with E-state index in [-0.39, 0.29) is 11.6 Å². The second-order valence-electron chi connectivity index (χ2n) is 3.84. The van der Waals surface area contributed by atoms with E-state index in [1.54, 1.807) is 37.6 Å². The van der Waals surface area contributed by atoms with Gasteiger partial charge in [-0.05, 0) is 12.1 Å². The van der Waals surface area contributed by atoms with Crippen molar-refractivity contribution in [2.75, 3.05) is 19.0 Å². The summed E-state index contributed by atoms with van der Waals surface area (Å²) in [5.41, 5.74) is 6.28. The van der Waals surface area contributed by atoms with Gasteiger partial charge in [-0.3, -0.25) is 9.48 Å². The number of benzene rings is 1. The van der Waals surface area contributed by atoms with Crippen molar-refractivity contribution in [3.63, 3.8) is 0 Å². The minimum atomic E-state index is -0.323. The van der Waals surface area contributed by atoms with Gasteiger partial charge in [0.2, 0.25) is 0 Å². The van der Waals surface area contributed by atoms with Crippen molar-refractivity contribution in [2.45, 2.75) is 6.54 Å². The van der Waals surface area contributed by atoms with Crippen molar-refractivity contribution in [3.8, 4) is 5.75 Å². The first kappa shape index (κ1) is 13.0. The second-order valence-corrected chi connectivity index (χ2v) is 3.84. The molecule has 0 aliphatic rings. The van der Waals surface area contributed by atoms with Crippen LogP contribution in [0.2, 0.25) is 0 Å². The van der Waals surface area contributed by atoms with Gasteiger partial charge in [0.15, 0.2) is 5.69 Å². The van der Waals surface area contributed by atoms with Gasteiger partial charge in [0, 0.05) is 18.3 Å². The number of carbonyl (C=O) groups excluding carboxylic acids is 1. The van der Waals surface area contributed by atoms with E-state index in [1.165, 1.54) is 4.68 Å². The molecule has 0 spiro atoms. The molecule has 19 heavy (non-hydrogen) atoms. The summed E-state index contributed by atoms with van der Waals surface area (Å²) in [6.07, 6.45) is 1.56. The molecule has 100 valence electrons. The third kappa shape index (κ3) is 3.29. The summed E-state index contributed by atoms with van der Waals surface area (Å²) in [5, 5.41) is 10.3. The molecule has 7 heteroatoms. The molecule has 1 aromatic carbocycles. The highest BCUT2D eigenvalue weighted by Crippen LogP contribution is 2.17. The summed E-state index contributed by atoms with van der Waals surface area (Å²) in [6, 6.07) is 7.08. The van der Waals surface area contributed by atoms with Gasteiger partial charge in [-0.15, -0.1) is 5.10 Å². The molecule has 0 aliphatic heterocycles. The van der Waals surface area contributed by atoms with Gasteiger partial charge in [-0.25, -0.2) is 0 Å². The average molecular weight is 261 g/mol. The van der Waals surface area contributed by atoms with Crippen molar-refractivity contribution in [1.29, 1.82) is 0 Å². The Morgan fingerprint density at radius 2 is 2.37 bits per heavy atom. The van der Waals surface area contributed by atoms with Crippen LogP contribution in [0.25, 0.3) is 0 Å². The molecule has 7 nitrogen and oxygen atoms in total. The van der Waals surface area contributed by atoms with E-state index >= 15 is 0 Å². The largest absolute Gasteiger partial charge is 0.497 e. The minimum absolute atomic E-state index is 0.247. The predicted molar refractivity (Wildman–Crippen MR) is 70.0 cm³/mol. The molecule has 0 fully saturated rings. The number of methoxy groups -OCH3 is 1. The molecule has 1 heterocycles. The van der Waals surface area contributed by atoms with Crippen molar-refractivity contribution >= 4 is 11.6 Å². The van der Waals surface area contributed by atoms with Crippen LogP contribution in [0.5, 0.6) is 5.75 Å². The van der Waals surface area contributed by atoms with Crippen LogP contribution in [0.1, 0.15) is 10.5 Å². The van der Waals surface area contributed by atoms with Crippen LogP contribution in [0, 0.1) is 0 Å². The molecule has 1 aromatic heterocycles. The fourth-order valence-corrected chi connectivity index (χ4v) is 1.54. The maximum absolute atomic E-state index is 11.9. The van der Waals surface area contributed by atoms with Crippen molar-refractivity contribution in [2.24, 2.45) is 5.73 Å². The number of hydrogen-bond donors (Lipinski definition) is 2. The van der Waals surface area contributed by atoms with E-state index in [1.807, 2.05) is 0 Å². The zero-order valence-electron chi connectivity index (χ0n) is 10.5. The molecule has 3 N–H and O–H groups in total. The van der Waals surface area contributed by atoms with E-state index in [4.69, 9.17) is 10.5 Å². The Morgan fingerprint density at radius 3 is 3.11 bits per heavy atom. The molecule has 2 aromatic rings. The first-order valence-corrected chi connectivity index (χ1v) is 5.78. The highest BCUT2D eigenvalue weighted by atomic mass is 16.5. The Balaban J connectivity index is 2.06. The van der Waals surface area contributed by atoms with Crippen LogP contribution in [-0.4, -0.2) is 34.6 Å². The Hall–Kier alpha value is -2.41. The monoisotopic (exact) mass is 261 g/mol. The summed E-state index contributed by atoms with van der Waals surface area (Å²) in [7, 11) is 1.57. The maximum atomic E-state index is 11.9. The molecule has 0 unspecified atom stereocenters. The second kappa shape index (κ2) is 5.96. The van der Waals surface area contributed by atoms with Crippen molar-refractivity contribution < 1.29 is 9.53 Å². The van der Waals surface area contributed by atoms with Crippen molar-refractivity contribution in [3.05, 3.63) is 36.2 Å². The summed E-state index contributed by atoms with van der Waals surface area (Å²) in [4.78, 5) is 11.9. The number of hydrogen-bond acceptors (Lipinski definition) is 5. The third-order valence-electron chi connectivity index (χ3n) is 2.46. The summed E-state index contributed by atoms with van der Waals surface area (Å²) >= 11 is 0. The summed E-state index contributed by atoms with van der Waals surface area (Å²) < 4.78 is 6.61. The number of amides is 1. The summed E-state index contributed by atoms with van der Waals surface area (Å²) in [5.74, 6) is 0.348. The molecular weight excluding hydrogens is 246 g/mol. The highest BCUT2D eigenvalue weighted by Gasteiger charge is 2.11. The number of nitrogens with one attached hydrogen (secondary N) is 1. The van der Waals surface area contributed by atoms with Crippen LogP contribution < -0.4 is 15.8 Å². The predicted octanol–water partition coefficient (Wildman–Crippen LogP) is 0.498. The summed E-state index contributed by atoms with van der Waals surface area (Å²) in [6.45, 7) is 0.972. The lowest BCUT2D eigenvalue weighted by Crippen LogP contribution is -2.12. The Bertz CT molecular complexity index is 567. The lowest BCUT2D eigenvalue weighted by Gasteiger charge is -2.04. The lowest BCUT2D eigenvalue weighted by atomic mass is 10.3. The van der Waals surface area contributed by atoms with Crippen LogP contribution in [0.15, 0.2) is 30.5 Å². The van der Waals surface area contributed by atoms with Crippen LogP contribution in [0.4, 0.5) is 5.69 Å².